The number of anilines is 1. The van der Waals surface area contributed by atoms with Gasteiger partial charge in [-0.2, -0.15) is 0 Å². The van der Waals surface area contributed by atoms with Crippen molar-refractivity contribution in [3.05, 3.63) is 65.7 Å². The maximum atomic E-state index is 13.0. The number of carbonyl (C=O) groups is 2. The van der Waals surface area contributed by atoms with E-state index in [1.54, 1.807) is 0 Å². The highest BCUT2D eigenvalue weighted by molar-refractivity contribution is 5.90. The average Bonchev–Trinajstić information content (AvgIpc) is 3.12. The summed E-state index contributed by atoms with van der Waals surface area (Å²) in [6.45, 7) is 2.37. The third kappa shape index (κ3) is 3.72. The van der Waals surface area contributed by atoms with Crippen molar-refractivity contribution in [1.29, 1.82) is 0 Å². The molecule has 2 aromatic carbocycles. The fraction of sp³-hybridized carbons (Fsp3) is 0.300. The first-order valence-corrected chi connectivity index (χ1v) is 8.45. The van der Waals surface area contributed by atoms with Crippen molar-refractivity contribution < 1.29 is 14.3 Å². The van der Waals surface area contributed by atoms with Gasteiger partial charge in [0.25, 0.3) is 5.91 Å². The molecule has 1 fully saturated rings. The van der Waals surface area contributed by atoms with E-state index in [-0.39, 0.29) is 11.8 Å². The molecular weight excluding hydrogens is 316 g/mol. The Labute approximate surface area is 147 Å². The Morgan fingerprint density at radius 3 is 2.48 bits per heavy atom. The summed E-state index contributed by atoms with van der Waals surface area (Å²) in [7, 11) is 0. The van der Waals surface area contributed by atoms with Gasteiger partial charge < -0.3 is 15.4 Å². The molecule has 0 saturated carbocycles. The van der Waals surface area contributed by atoms with Crippen LogP contribution >= 0.6 is 0 Å². The summed E-state index contributed by atoms with van der Waals surface area (Å²) in [5.41, 5.74) is 1.51. The fourth-order valence-corrected chi connectivity index (χ4v) is 3.19. The number of nitrogens with one attached hydrogen (secondary N) is 2. The van der Waals surface area contributed by atoms with Gasteiger partial charge in [-0.15, -0.1) is 0 Å². The third-order valence-corrected chi connectivity index (χ3v) is 4.40. The van der Waals surface area contributed by atoms with E-state index in [1.165, 1.54) is 6.92 Å². The van der Waals surface area contributed by atoms with Crippen LogP contribution in [0.5, 0.6) is 0 Å². The molecular formula is C20H22N2O3. The number of carbonyl (C=O) groups excluding carboxylic acids is 2. The quantitative estimate of drug-likeness (QED) is 0.881. The van der Waals surface area contributed by atoms with Crippen LogP contribution in [-0.2, 0) is 26.5 Å². The van der Waals surface area contributed by atoms with Crippen LogP contribution in [0.2, 0.25) is 0 Å². The van der Waals surface area contributed by atoms with Gasteiger partial charge in [-0.1, -0.05) is 48.5 Å². The second-order valence-corrected chi connectivity index (χ2v) is 6.17. The smallest absolute Gasteiger partial charge is 0.257 e. The monoisotopic (exact) mass is 338 g/mol. The molecule has 0 radical (unpaired) electrons. The van der Waals surface area contributed by atoms with E-state index in [9.17, 15) is 9.59 Å². The van der Waals surface area contributed by atoms with Crippen LogP contribution in [0.3, 0.4) is 0 Å². The van der Waals surface area contributed by atoms with Crippen LogP contribution in [0.4, 0.5) is 5.69 Å². The molecule has 5 heteroatoms. The van der Waals surface area contributed by atoms with E-state index in [0.717, 1.165) is 17.5 Å². The van der Waals surface area contributed by atoms with Gasteiger partial charge in [-0.25, -0.2) is 0 Å². The van der Waals surface area contributed by atoms with Gasteiger partial charge in [-0.3, -0.25) is 9.59 Å². The molecule has 2 amide bonds. The zero-order valence-electron chi connectivity index (χ0n) is 14.2. The standard InChI is InChI=1S/C20H22N2O3/c1-15(23)22-18-11-6-5-8-16(18)14-21-19(24)20(12-7-13-25-20)17-9-3-2-4-10-17/h2-6,8-11H,7,12-14H2,1H3,(H,21,24)(H,22,23). The lowest BCUT2D eigenvalue weighted by atomic mass is 9.90. The number of ether oxygens (including phenoxy) is 1. The molecule has 3 rings (SSSR count). The summed E-state index contributed by atoms with van der Waals surface area (Å²) in [5, 5.41) is 5.76. The van der Waals surface area contributed by atoms with E-state index in [2.05, 4.69) is 10.6 Å². The summed E-state index contributed by atoms with van der Waals surface area (Å²) in [5.74, 6) is -0.285. The van der Waals surface area contributed by atoms with Gasteiger partial charge in [0.05, 0.1) is 0 Å². The second-order valence-electron chi connectivity index (χ2n) is 6.17. The van der Waals surface area contributed by atoms with Crippen LogP contribution in [-0.4, -0.2) is 18.4 Å². The van der Waals surface area contributed by atoms with Crippen molar-refractivity contribution in [3.8, 4) is 0 Å². The average molecular weight is 338 g/mol. The first-order valence-electron chi connectivity index (χ1n) is 8.45. The number of rotatable bonds is 5. The molecule has 1 aliphatic heterocycles. The molecule has 1 saturated heterocycles. The summed E-state index contributed by atoms with van der Waals surface area (Å²) >= 11 is 0. The molecule has 130 valence electrons. The minimum Gasteiger partial charge on any atom is -0.360 e. The van der Waals surface area contributed by atoms with Crippen molar-refractivity contribution in [2.75, 3.05) is 11.9 Å². The summed E-state index contributed by atoms with van der Waals surface area (Å²) < 4.78 is 5.89. The largest absolute Gasteiger partial charge is 0.360 e. The Kier molecular flexibility index (Phi) is 5.14. The van der Waals surface area contributed by atoms with Gasteiger partial charge in [0, 0.05) is 25.8 Å². The van der Waals surface area contributed by atoms with Crippen molar-refractivity contribution in [2.24, 2.45) is 0 Å². The first kappa shape index (κ1) is 17.2. The zero-order valence-corrected chi connectivity index (χ0v) is 14.2. The minimum atomic E-state index is -0.926. The maximum Gasteiger partial charge on any atom is 0.257 e. The minimum absolute atomic E-state index is 0.140. The highest BCUT2D eigenvalue weighted by Gasteiger charge is 2.44. The topological polar surface area (TPSA) is 67.4 Å². The van der Waals surface area contributed by atoms with E-state index in [1.807, 2.05) is 54.6 Å². The van der Waals surface area contributed by atoms with E-state index < -0.39 is 5.60 Å². The Bertz CT molecular complexity index is 753. The molecule has 1 aliphatic rings. The molecule has 0 spiro atoms. The van der Waals surface area contributed by atoms with Gasteiger partial charge in [0.1, 0.15) is 0 Å². The Morgan fingerprint density at radius 2 is 1.80 bits per heavy atom. The Morgan fingerprint density at radius 1 is 1.08 bits per heavy atom. The number of benzene rings is 2. The van der Waals surface area contributed by atoms with Crippen molar-refractivity contribution in [2.45, 2.75) is 31.9 Å². The molecule has 0 bridgehead atoms. The highest BCUT2D eigenvalue weighted by atomic mass is 16.5. The van der Waals surface area contributed by atoms with Crippen LogP contribution in [0, 0.1) is 0 Å². The number of hydrogen-bond donors (Lipinski definition) is 2. The predicted molar refractivity (Wildman–Crippen MR) is 95.9 cm³/mol. The lowest BCUT2D eigenvalue weighted by Crippen LogP contribution is -2.43. The second kappa shape index (κ2) is 7.49. The first-order chi connectivity index (χ1) is 12.1. The molecule has 1 heterocycles. The van der Waals surface area contributed by atoms with Crippen LogP contribution < -0.4 is 10.6 Å². The summed E-state index contributed by atoms with van der Waals surface area (Å²) in [6.07, 6.45) is 1.51. The van der Waals surface area contributed by atoms with Crippen LogP contribution in [0.15, 0.2) is 54.6 Å². The molecule has 1 unspecified atom stereocenters. The van der Waals surface area contributed by atoms with Gasteiger partial charge >= 0.3 is 0 Å². The summed E-state index contributed by atoms with van der Waals surface area (Å²) in [6, 6.07) is 17.0. The van der Waals surface area contributed by atoms with Gasteiger partial charge in [0.2, 0.25) is 5.91 Å². The summed E-state index contributed by atoms with van der Waals surface area (Å²) in [4.78, 5) is 24.3. The molecule has 25 heavy (non-hydrogen) atoms. The molecule has 2 aromatic rings. The Balaban J connectivity index is 1.77. The predicted octanol–water partition coefficient (Wildman–Crippen LogP) is 2.97. The number of hydrogen-bond acceptors (Lipinski definition) is 3. The third-order valence-electron chi connectivity index (χ3n) is 4.40. The maximum absolute atomic E-state index is 13.0. The van der Waals surface area contributed by atoms with E-state index >= 15 is 0 Å². The normalized spacial score (nSPS) is 19.4. The van der Waals surface area contributed by atoms with Crippen molar-refractivity contribution >= 4 is 17.5 Å². The highest BCUT2D eigenvalue weighted by Crippen LogP contribution is 2.36. The lowest BCUT2D eigenvalue weighted by Gasteiger charge is -2.27. The van der Waals surface area contributed by atoms with Crippen molar-refractivity contribution in [1.82, 2.24) is 5.32 Å². The van der Waals surface area contributed by atoms with Crippen LogP contribution in [0.25, 0.3) is 0 Å². The van der Waals surface area contributed by atoms with Gasteiger partial charge in [-0.05, 0) is 30.0 Å². The van der Waals surface area contributed by atoms with Gasteiger partial charge in [0.15, 0.2) is 5.60 Å². The molecule has 0 aliphatic carbocycles. The molecule has 5 nitrogen and oxygen atoms in total. The fourth-order valence-electron chi connectivity index (χ4n) is 3.19. The molecule has 1 atom stereocenters. The zero-order chi connectivity index (χ0) is 17.7. The SMILES string of the molecule is CC(=O)Nc1ccccc1CNC(=O)C1(c2ccccc2)CCCO1. The van der Waals surface area contributed by atoms with Crippen molar-refractivity contribution in [3.63, 3.8) is 0 Å². The molecule has 0 aromatic heterocycles. The van der Waals surface area contributed by atoms with Crippen LogP contribution in [0.1, 0.15) is 30.9 Å². The molecule has 2 N–H and O–H groups in total. The van der Waals surface area contributed by atoms with E-state index in [4.69, 9.17) is 4.74 Å². The number of amides is 2. The lowest BCUT2D eigenvalue weighted by molar-refractivity contribution is -0.142. The number of para-hydroxylation sites is 1. The van der Waals surface area contributed by atoms with E-state index in [0.29, 0.717) is 25.3 Å². The Hall–Kier alpha value is -2.66.